The smallest absolute Gasteiger partial charge is 0.475 e. The van der Waals surface area contributed by atoms with Crippen LogP contribution >= 0.6 is 0 Å². The number of carboxylic acid groups (broad SMARTS) is 2. The summed E-state index contributed by atoms with van der Waals surface area (Å²) in [6.07, 6.45) is -8.21. The molecule has 0 bridgehead atoms. The molecule has 0 spiro atoms. The van der Waals surface area contributed by atoms with Gasteiger partial charge in [-0.1, -0.05) is 13.8 Å². The zero-order valence-corrected chi connectivity index (χ0v) is 21.3. The number of aliphatic carboxylic acids is 2. The predicted molar refractivity (Wildman–Crippen MR) is 120 cm³/mol. The molecule has 0 aromatic rings. The summed E-state index contributed by atoms with van der Waals surface area (Å²) in [5.41, 5.74) is -0.321. The number of carboxylic acids is 2. The third-order valence-corrected chi connectivity index (χ3v) is 6.53. The normalized spacial score (nSPS) is 24.0. The largest absolute Gasteiger partial charge is 0.490 e. The molecule has 3 aliphatic rings. The molecular weight excluding hydrogens is 532 g/mol. The fourth-order valence-electron chi connectivity index (χ4n) is 4.43. The Labute approximate surface area is 216 Å². The first kappa shape index (κ1) is 33.9. The molecule has 0 saturated carbocycles. The van der Waals surface area contributed by atoms with E-state index < -0.39 is 24.3 Å². The van der Waals surface area contributed by atoms with E-state index in [1.54, 1.807) is 0 Å². The molecule has 2 N–H and O–H groups in total. The van der Waals surface area contributed by atoms with Gasteiger partial charge in [0.1, 0.15) is 0 Å². The second-order valence-corrected chi connectivity index (χ2v) is 8.87. The fourth-order valence-corrected chi connectivity index (χ4v) is 4.43. The number of likely N-dealkylation sites (N-methyl/N-ethyl adjacent to an activating group) is 1. The number of hydrogen-bond acceptors (Lipinski definition) is 7. The molecule has 3 fully saturated rings. The Hall–Kier alpha value is -2.17. The maximum Gasteiger partial charge on any atom is 0.490 e. The summed E-state index contributed by atoms with van der Waals surface area (Å²) in [4.78, 5) is 38.1. The third kappa shape index (κ3) is 10.2. The highest BCUT2D eigenvalue weighted by Crippen LogP contribution is 2.42. The van der Waals surface area contributed by atoms with Crippen molar-refractivity contribution >= 4 is 17.8 Å². The number of carbonyl (C=O) groups excluding carboxylic acids is 1. The molecule has 2 atom stereocenters. The SMILES string of the molecule is CCN(CC)CCN1CC[C@H]2OCC[C@@]2(C(=O)N2CCOCC2)C1.O=C(O)C(F)(F)F.O=C(O)C(F)(F)F. The quantitative estimate of drug-likeness (QED) is 0.464. The highest BCUT2D eigenvalue weighted by Gasteiger charge is 2.54. The van der Waals surface area contributed by atoms with Gasteiger partial charge in [0, 0.05) is 45.9 Å². The van der Waals surface area contributed by atoms with Crippen LogP contribution in [0.2, 0.25) is 0 Å². The van der Waals surface area contributed by atoms with Gasteiger partial charge >= 0.3 is 24.3 Å². The Morgan fingerprint density at radius 1 is 0.921 bits per heavy atom. The zero-order chi connectivity index (χ0) is 29.1. The summed E-state index contributed by atoms with van der Waals surface area (Å²) in [5, 5.41) is 14.2. The van der Waals surface area contributed by atoms with Gasteiger partial charge < -0.3 is 34.4 Å². The number of ether oxygens (including phenoxy) is 2. The van der Waals surface area contributed by atoms with Gasteiger partial charge in [0.15, 0.2) is 0 Å². The van der Waals surface area contributed by atoms with E-state index in [1.165, 1.54) is 0 Å². The Balaban J connectivity index is 0.000000426. The lowest BCUT2D eigenvalue weighted by atomic mass is 9.75. The summed E-state index contributed by atoms with van der Waals surface area (Å²) >= 11 is 0. The minimum atomic E-state index is -5.08. The third-order valence-electron chi connectivity index (χ3n) is 6.53. The summed E-state index contributed by atoms with van der Waals surface area (Å²) in [7, 11) is 0. The number of hydrogen-bond donors (Lipinski definition) is 2. The number of morpholine rings is 1. The van der Waals surface area contributed by atoms with Crippen LogP contribution < -0.4 is 0 Å². The first-order chi connectivity index (χ1) is 17.6. The summed E-state index contributed by atoms with van der Waals surface area (Å²) in [5.74, 6) is -5.21. The number of likely N-dealkylation sites (tertiary alicyclic amines) is 1. The first-order valence-electron chi connectivity index (χ1n) is 12.1. The molecule has 0 aromatic heterocycles. The van der Waals surface area contributed by atoms with E-state index in [2.05, 4.69) is 23.6 Å². The molecule has 10 nitrogen and oxygen atoms in total. The average molecular weight is 568 g/mol. The lowest BCUT2D eigenvalue weighted by molar-refractivity contribution is -0.193. The van der Waals surface area contributed by atoms with Crippen LogP contribution in [0.25, 0.3) is 0 Å². The summed E-state index contributed by atoms with van der Waals surface area (Å²) in [6, 6.07) is 0. The number of rotatable bonds is 6. The van der Waals surface area contributed by atoms with Crippen molar-refractivity contribution in [1.29, 1.82) is 0 Å². The Kier molecular flexibility index (Phi) is 13.2. The Bertz CT molecular complexity index is 750. The monoisotopic (exact) mass is 567 g/mol. The number of halogens is 6. The minimum absolute atomic E-state index is 0.109. The maximum absolute atomic E-state index is 13.3. The first-order valence-corrected chi connectivity index (χ1v) is 12.1. The Morgan fingerprint density at radius 2 is 1.42 bits per heavy atom. The lowest BCUT2D eigenvalue weighted by Gasteiger charge is -2.45. The molecule has 222 valence electrons. The van der Waals surface area contributed by atoms with Crippen molar-refractivity contribution in [2.45, 2.75) is 45.1 Å². The maximum atomic E-state index is 13.3. The van der Waals surface area contributed by atoms with Crippen LogP contribution in [-0.4, -0.2) is 133 Å². The second-order valence-electron chi connectivity index (χ2n) is 8.87. The predicted octanol–water partition coefficient (Wildman–Crippen LogP) is 1.93. The molecule has 0 unspecified atom stereocenters. The molecule has 3 saturated heterocycles. The molecule has 0 radical (unpaired) electrons. The van der Waals surface area contributed by atoms with Crippen molar-refractivity contribution in [3.63, 3.8) is 0 Å². The van der Waals surface area contributed by atoms with Crippen molar-refractivity contribution in [3.8, 4) is 0 Å². The van der Waals surface area contributed by atoms with Crippen LogP contribution in [0.4, 0.5) is 26.3 Å². The topological polar surface area (TPSA) is 120 Å². The highest BCUT2D eigenvalue weighted by atomic mass is 19.4. The van der Waals surface area contributed by atoms with Crippen LogP contribution in [0.1, 0.15) is 26.7 Å². The van der Waals surface area contributed by atoms with Gasteiger partial charge in [-0.25, -0.2) is 9.59 Å². The number of alkyl halides is 6. The van der Waals surface area contributed by atoms with E-state index in [1.807, 2.05) is 4.90 Å². The Morgan fingerprint density at radius 3 is 1.87 bits per heavy atom. The van der Waals surface area contributed by atoms with Gasteiger partial charge in [-0.05, 0) is 25.9 Å². The van der Waals surface area contributed by atoms with Gasteiger partial charge in [0.25, 0.3) is 0 Å². The van der Waals surface area contributed by atoms with E-state index in [9.17, 15) is 31.1 Å². The highest BCUT2D eigenvalue weighted by molar-refractivity contribution is 5.84. The molecular formula is C22H35F6N3O7. The lowest BCUT2D eigenvalue weighted by Crippen LogP contribution is -2.59. The van der Waals surface area contributed by atoms with Crippen LogP contribution in [0.15, 0.2) is 0 Å². The van der Waals surface area contributed by atoms with Crippen molar-refractivity contribution in [3.05, 3.63) is 0 Å². The van der Waals surface area contributed by atoms with Gasteiger partial charge in [-0.2, -0.15) is 26.3 Å². The van der Waals surface area contributed by atoms with E-state index in [0.717, 1.165) is 71.8 Å². The van der Waals surface area contributed by atoms with E-state index >= 15 is 0 Å². The summed E-state index contributed by atoms with van der Waals surface area (Å²) in [6.45, 7) is 14.2. The number of amides is 1. The molecule has 3 heterocycles. The standard InChI is InChI=1S/C18H33N3O3.2C2HF3O2/c1-3-19(4-2)8-9-20-7-5-16-18(15-20,6-12-24-16)17(22)21-10-13-23-14-11-21;2*3-2(4,5)1(6)7/h16H,3-15H2,1-2H3;2*(H,6,7)/t16-,18-;;/m1../s1. The van der Waals surface area contributed by atoms with E-state index in [4.69, 9.17) is 29.3 Å². The van der Waals surface area contributed by atoms with Crippen LogP contribution in [0.3, 0.4) is 0 Å². The molecule has 3 rings (SSSR count). The van der Waals surface area contributed by atoms with E-state index in [-0.39, 0.29) is 11.5 Å². The molecule has 3 aliphatic heterocycles. The zero-order valence-electron chi connectivity index (χ0n) is 21.3. The number of fused-ring (bicyclic) bond motifs is 1. The summed E-state index contributed by atoms with van der Waals surface area (Å²) < 4.78 is 74.9. The minimum Gasteiger partial charge on any atom is -0.475 e. The molecule has 1 amide bonds. The molecule has 16 heteroatoms. The molecule has 0 aromatic carbocycles. The van der Waals surface area contributed by atoms with Crippen LogP contribution in [0.5, 0.6) is 0 Å². The van der Waals surface area contributed by atoms with Crippen molar-refractivity contribution in [2.24, 2.45) is 5.41 Å². The average Bonchev–Trinajstić information content (AvgIpc) is 3.29. The number of piperidine rings is 1. The fraction of sp³-hybridized carbons (Fsp3) is 0.864. The van der Waals surface area contributed by atoms with Crippen molar-refractivity contribution < 1.29 is 60.4 Å². The van der Waals surface area contributed by atoms with Gasteiger partial charge in [0.05, 0.1) is 24.7 Å². The molecule has 0 aliphatic carbocycles. The van der Waals surface area contributed by atoms with Gasteiger partial charge in [-0.3, -0.25) is 4.79 Å². The van der Waals surface area contributed by atoms with Crippen molar-refractivity contribution in [1.82, 2.24) is 14.7 Å². The second kappa shape index (κ2) is 14.8. The van der Waals surface area contributed by atoms with Crippen LogP contribution in [-0.2, 0) is 23.9 Å². The number of nitrogens with zero attached hydrogens (tertiary/aromatic N) is 3. The van der Waals surface area contributed by atoms with Crippen molar-refractivity contribution in [2.75, 3.05) is 72.2 Å². The van der Waals surface area contributed by atoms with E-state index in [0.29, 0.717) is 19.1 Å². The van der Waals surface area contributed by atoms with Crippen LogP contribution in [0, 0.1) is 5.41 Å². The van der Waals surface area contributed by atoms with Gasteiger partial charge in [0.2, 0.25) is 5.91 Å². The molecule has 38 heavy (non-hydrogen) atoms. The number of carbonyl (C=O) groups is 3. The van der Waals surface area contributed by atoms with Gasteiger partial charge in [-0.15, -0.1) is 0 Å².